The molecule has 0 aromatic rings. The summed E-state index contributed by atoms with van der Waals surface area (Å²) in [6.45, 7) is 3.92. The minimum atomic E-state index is 0.878. The van der Waals surface area contributed by atoms with Gasteiger partial charge in [-0.15, -0.1) is 0 Å². The van der Waals surface area contributed by atoms with Crippen LogP contribution in [0, 0.1) is 5.92 Å². The zero-order valence-corrected chi connectivity index (χ0v) is 9.06. The average Bonchev–Trinajstić information content (AvgIpc) is 2.19. The SMILES string of the molecule is CCOCCCCC1CCCCC1. The Morgan fingerprint density at radius 3 is 2.54 bits per heavy atom. The topological polar surface area (TPSA) is 9.23 Å². The van der Waals surface area contributed by atoms with Crippen LogP contribution in [-0.2, 0) is 4.74 Å². The third-order valence-corrected chi connectivity index (χ3v) is 3.08. The smallest absolute Gasteiger partial charge is 0.0465 e. The van der Waals surface area contributed by atoms with Gasteiger partial charge in [0.1, 0.15) is 0 Å². The van der Waals surface area contributed by atoms with Crippen LogP contribution in [0.1, 0.15) is 58.3 Å². The first kappa shape index (κ1) is 11.0. The van der Waals surface area contributed by atoms with Crippen LogP contribution in [0.3, 0.4) is 0 Å². The molecule has 0 amide bonds. The maximum absolute atomic E-state index is 5.32. The third-order valence-electron chi connectivity index (χ3n) is 3.08. The summed E-state index contributed by atoms with van der Waals surface area (Å²) in [5.41, 5.74) is 0. The normalized spacial score (nSPS) is 19.2. The van der Waals surface area contributed by atoms with Crippen molar-refractivity contribution in [1.29, 1.82) is 0 Å². The Kier molecular flexibility index (Phi) is 6.26. The Morgan fingerprint density at radius 1 is 1.08 bits per heavy atom. The molecule has 1 fully saturated rings. The Hall–Kier alpha value is -0.0400. The maximum Gasteiger partial charge on any atom is 0.0465 e. The molecule has 0 heterocycles. The van der Waals surface area contributed by atoms with Crippen LogP contribution in [0.15, 0.2) is 0 Å². The summed E-state index contributed by atoms with van der Waals surface area (Å²) in [5, 5.41) is 0. The summed E-state index contributed by atoms with van der Waals surface area (Å²) in [6, 6.07) is 0. The molecule has 1 heteroatoms. The molecule has 0 aromatic heterocycles. The van der Waals surface area contributed by atoms with E-state index in [1.165, 1.54) is 51.4 Å². The summed E-state index contributed by atoms with van der Waals surface area (Å²) in [6.07, 6.45) is 11.5. The molecular formula is C12H24O. The molecule has 0 atom stereocenters. The maximum atomic E-state index is 5.32. The van der Waals surface area contributed by atoms with Crippen molar-refractivity contribution in [2.45, 2.75) is 58.3 Å². The fraction of sp³-hybridized carbons (Fsp3) is 1.00. The molecule has 0 bridgehead atoms. The zero-order valence-electron chi connectivity index (χ0n) is 9.06. The molecule has 1 aliphatic rings. The minimum absolute atomic E-state index is 0.878. The number of unbranched alkanes of at least 4 members (excludes halogenated alkanes) is 1. The van der Waals surface area contributed by atoms with E-state index >= 15 is 0 Å². The van der Waals surface area contributed by atoms with Crippen molar-refractivity contribution < 1.29 is 4.74 Å². The van der Waals surface area contributed by atoms with Crippen molar-refractivity contribution in [3.05, 3.63) is 0 Å². The summed E-state index contributed by atoms with van der Waals surface area (Å²) < 4.78 is 5.32. The zero-order chi connectivity index (χ0) is 9.36. The lowest BCUT2D eigenvalue weighted by Gasteiger charge is -2.21. The first-order valence-corrected chi connectivity index (χ1v) is 6.01. The van der Waals surface area contributed by atoms with Crippen LogP contribution in [-0.4, -0.2) is 13.2 Å². The second-order valence-corrected chi connectivity index (χ2v) is 4.20. The molecular weight excluding hydrogens is 160 g/mol. The van der Waals surface area contributed by atoms with E-state index in [0.717, 1.165) is 19.1 Å². The highest BCUT2D eigenvalue weighted by atomic mass is 16.5. The van der Waals surface area contributed by atoms with Gasteiger partial charge in [-0.05, 0) is 19.3 Å². The van der Waals surface area contributed by atoms with E-state index in [9.17, 15) is 0 Å². The number of rotatable bonds is 6. The van der Waals surface area contributed by atoms with Gasteiger partial charge in [-0.1, -0.05) is 44.9 Å². The van der Waals surface area contributed by atoms with Crippen LogP contribution >= 0.6 is 0 Å². The highest BCUT2D eigenvalue weighted by Gasteiger charge is 2.12. The standard InChI is InChI=1S/C12H24O/c1-2-13-11-7-6-10-12-8-4-3-5-9-12/h12H,2-11H2,1H3. The molecule has 0 saturated heterocycles. The van der Waals surface area contributed by atoms with Crippen LogP contribution in [0.25, 0.3) is 0 Å². The van der Waals surface area contributed by atoms with Crippen molar-refractivity contribution in [3.8, 4) is 0 Å². The number of hydrogen-bond acceptors (Lipinski definition) is 1. The van der Waals surface area contributed by atoms with Crippen LogP contribution in [0.2, 0.25) is 0 Å². The molecule has 0 N–H and O–H groups in total. The Balaban J connectivity index is 1.86. The Morgan fingerprint density at radius 2 is 1.85 bits per heavy atom. The van der Waals surface area contributed by atoms with Gasteiger partial charge >= 0.3 is 0 Å². The van der Waals surface area contributed by atoms with E-state index < -0.39 is 0 Å². The highest BCUT2D eigenvalue weighted by Crippen LogP contribution is 2.27. The van der Waals surface area contributed by atoms with E-state index in [4.69, 9.17) is 4.74 Å². The summed E-state index contributed by atoms with van der Waals surface area (Å²) in [5.74, 6) is 1.05. The van der Waals surface area contributed by atoms with Crippen molar-refractivity contribution in [1.82, 2.24) is 0 Å². The van der Waals surface area contributed by atoms with E-state index in [-0.39, 0.29) is 0 Å². The third kappa shape index (κ3) is 5.30. The molecule has 0 unspecified atom stereocenters. The van der Waals surface area contributed by atoms with Gasteiger partial charge in [-0.25, -0.2) is 0 Å². The van der Waals surface area contributed by atoms with E-state index in [1.54, 1.807) is 0 Å². The highest BCUT2D eigenvalue weighted by molar-refractivity contribution is 4.65. The molecule has 78 valence electrons. The molecule has 0 spiro atoms. The van der Waals surface area contributed by atoms with Gasteiger partial charge in [-0.2, -0.15) is 0 Å². The van der Waals surface area contributed by atoms with E-state index in [2.05, 4.69) is 6.92 Å². The molecule has 1 aliphatic carbocycles. The van der Waals surface area contributed by atoms with Gasteiger partial charge in [-0.3, -0.25) is 0 Å². The van der Waals surface area contributed by atoms with Gasteiger partial charge in [0.15, 0.2) is 0 Å². The van der Waals surface area contributed by atoms with Gasteiger partial charge in [0, 0.05) is 13.2 Å². The summed E-state index contributed by atoms with van der Waals surface area (Å²) in [4.78, 5) is 0. The number of ether oxygens (including phenoxy) is 1. The molecule has 13 heavy (non-hydrogen) atoms. The summed E-state index contributed by atoms with van der Waals surface area (Å²) in [7, 11) is 0. The van der Waals surface area contributed by atoms with Crippen LogP contribution < -0.4 is 0 Å². The second kappa shape index (κ2) is 7.37. The lowest BCUT2D eigenvalue weighted by atomic mass is 9.86. The first-order chi connectivity index (χ1) is 6.43. The lowest BCUT2D eigenvalue weighted by molar-refractivity contribution is 0.141. The van der Waals surface area contributed by atoms with Crippen molar-refractivity contribution in [2.75, 3.05) is 13.2 Å². The van der Waals surface area contributed by atoms with E-state index in [0.29, 0.717) is 0 Å². The molecule has 1 rings (SSSR count). The van der Waals surface area contributed by atoms with Gasteiger partial charge < -0.3 is 4.74 Å². The molecule has 0 aromatic carbocycles. The largest absolute Gasteiger partial charge is 0.382 e. The molecule has 0 aliphatic heterocycles. The van der Waals surface area contributed by atoms with Crippen LogP contribution in [0.5, 0.6) is 0 Å². The minimum Gasteiger partial charge on any atom is -0.382 e. The van der Waals surface area contributed by atoms with Crippen molar-refractivity contribution in [3.63, 3.8) is 0 Å². The second-order valence-electron chi connectivity index (χ2n) is 4.20. The Labute approximate surface area is 82.9 Å². The predicted molar refractivity (Wildman–Crippen MR) is 56.9 cm³/mol. The molecule has 0 radical (unpaired) electrons. The number of hydrogen-bond donors (Lipinski definition) is 0. The monoisotopic (exact) mass is 184 g/mol. The average molecular weight is 184 g/mol. The van der Waals surface area contributed by atoms with Gasteiger partial charge in [0.2, 0.25) is 0 Å². The predicted octanol–water partition coefficient (Wildman–Crippen LogP) is 3.77. The quantitative estimate of drug-likeness (QED) is 0.571. The summed E-state index contributed by atoms with van der Waals surface area (Å²) >= 11 is 0. The Bertz CT molecular complexity index is 106. The van der Waals surface area contributed by atoms with E-state index in [1.807, 2.05) is 0 Å². The van der Waals surface area contributed by atoms with Crippen molar-refractivity contribution in [2.24, 2.45) is 5.92 Å². The first-order valence-electron chi connectivity index (χ1n) is 6.01. The van der Waals surface area contributed by atoms with Gasteiger partial charge in [0.05, 0.1) is 0 Å². The van der Waals surface area contributed by atoms with Crippen LogP contribution in [0.4, 0.5) is 0 Å². The van der Waals surface area contributed by atoms with Crippen molar-refractivity contribution >= 4 is 0 Å². The van der Waals surface area contributed by atoms with Gasteiger partial charge in [0.25, 0.3) is 0 Å². The lowest BCUT2D eigenvalue weighted by Crippen LogP contribution is -2.06. The molecule has 1 saturated carbocycles. The fourth-order valence-corrected chi connectivity index (χ4v) is 2.26. The fourth-order valence-electron chi connectivity index (χ4n) is 2.26. The molecule has 1 nitrogen and oxygen atoms in total.